The van der Waals surface area contributed by atoms with Crippen LogP contribution in [0.1, 0.15) is 13.8 Å². The Morgan fingerprint density at radius 3 is 2.54 bits per heavy atom. The van der Waals surface area contributed by atoms with Crippen molar-refractivity contribution < 1.29 is 38.0 Å². The van der Waals surface area contributed by atoms with Crippen LogP contribution in [0.3, 0.4) is 0 Å². The SMILES string of the molecule is CC(C)[N-]S(=O)(=O)c1ncc[nH]1.[Na+]. The quantitative estimate of drug-likeness (QED) is 0.581. The second kappa shape index (κ2) is 5.11. The summed E-state index contributed by atoms with van der Waals surface area (Å²) in [6.45, 7) is 3.39. The predicted octanol–water partition coefficient (Wildman–Crippen LogP) is -2.12. The van der Waals surface area contributed by atoms with E-state index in [1.165, 1.54) is 12.4 Å². The molecule has 0 saturated heterocycles. The van der Waals surface area contributed by atoms with Gasteiger partial charge in [0.15, 0.2) is 0 Å². The van der Waals surface area contributed by atoms with Crippen LogP contribution in [-0.2, 0) is 10.0 Å². The molecule has 0 aliphatic rings. The molecule has 0 bridgehead atoms. The minimum atomic E-state index is -3.56. The number of imidazole rings is 1. The van der Waals surface area contributed by atoms with Crippen molar-refractivity contribution in [3.05, 3.63) is 17.1 Å². The van der Waals surface area contributed by atoms with E-state index in [4.69, 9.17) is 0 Å². The molecule has 1 aromatic rings. The van der Waals surface area contributed by atoms with Gasteiger partial charge < -0.3 is 9.71 Å². The first-order valence-electron chi connectivity index (χ1n) is 3.49. The maximum absolute atomic E-state index is 11.2. The van der Waals surface area contributed by atoms with Gasteiger partial charge in [0.2, 0.25) is 5.16 Å². The van der Waals surface area contributed by atoms with Gasteiger partial charge in [-0.15, -0.1) is 6.04 Å². The first kappa shape index (κ1) is 13.1. The molecular formula is C6H10N3NaO2S. The molecule has 0 spiro atoms. The van der Waals surface area contributed by atoms with Crippen LogP contribution in [-0.4, -0.2) is 24.4 Å². The van der Waals surface area contributed by atoms with Crippen molar-refractivity contribution in [3.8, 4) is 0 Å². The van der Waals surface area contributed by atoms with Gasteiger partial charge in [-0.2, -0.15) is 0 Å². The smallest absolute Gasteiger partial charge is 0.540 e. The summed E-state index contributed by atoms with van der Waals surface area (Å²) in [6, 6.07) is -0.250. The Morgan fingerprint density at radius 1 is 1.54 bits per heavy atom. The summed E-state index contributed by atoms with van der Waals surface area (Å²) in [4.78, 5) is 6.09. The number of aromatic amines is 1. The summed E-state index contributed by atoms with van der Waals surface area (Å²) in [6.07, 6.45) is 2.82. The van der Waals surface area contributed by atoms with Crippen LogP contribution in [0.4, 0.5) is 0 Å². The van der Waals surface area contributed by atoms with Gasteiger partial charge in [-0.3, -0.25) is 0 Å². The van der Waals surface area contributed by atoms with Crippen LogP contribution in [0.2, 0.25) is 0 Å². The fourth-order valence-corrected chi connectivity index (χ4v) is 1.79. The van der Waals surface area contributed by atoms with Crippen molar-refractivity contribution in [2.24, 2.45) is 0 Å². The second-order valence-corrected chi connectivity index (χ2v) is 4.12. The zero-order valence-electron chi connectivity index (χ0n) is 7.85. The topological polar surface area (TPSA) is 76.9 Å². The average molecular weight is 211 g/mol. The van der Waals surface area contributed by atoms with E-state index >= 15 is 0 Å². The molecule has 0 amide bonds. The van der Waals surface area contributed by atoms with E-state index in [9.17, 15) is 8.42 Å². The summed E-state index contributed by atoms with van der Waals surface area (Å²) in [5.74, 6) is 0. The summed E-state index contributed by atoms with van der Waals surface area (Å²) < 4.78 is 26.0. The number of hydrogen-bond donors (Lipinski definition) is 1. The number of nitrogens with zero attached hydrogens (tertiary/aromatic N) is 2. The van der Waals surface area contributed by atoms with Crippen molar-refractivity contribution in [1.29, 1.82) is 0 Å². The van der Waals surface area contributed by atoms with Gasteiger partial charge in [-0.05, 0) is 0 Å². The molecular weight excluding hydrogens is 201 g/mol. The van der Waals surface area contributed by atoms with E-state index in [0.717, 1.165) is 0 Å². The number of aromatic nitrogens is 2. The van der Waals surface area contributed by atoms with E-state index in [1.807, 2.05) is 0 Å². The fraction of sp³-hybridized carbons (Fsp3) is 0.500. The van der Waals surface area contributed by atoms with E-state index in [1.54, 1.807) is 13.8 Å². The van der Waals surface area contributed by atoms with Gasteiger partial charge in [-0.25, -0.2) is 13.4 Å². The molecule has 0 radical (unpaired) electrons. The Kier molecular flexibility index (Phi) is 5.16. The van der Waals surface area contributed by atoms with Crippen molar-refractivity contribution in [1.82, 2.24) is 9.97 Å². The van der Waals surface area contributed by atoms with E-state index in [-0.39, 0.29) is 40.8 Å². The van der Waals surface area contributed by atoms with Crippen LogP contribution in [0, 0.1) is 0 Å². The Bertz CT molecular complexity index is 333. The van der Waals surface area contributed by atoms with Crippen molar-refractivity contribution in [2.45, 2.75) is 25.0 Å². The van der Waals surface area contributed by atoms with Crippen LogP contribution >= 0.6 is 0 Å². The molecule has 68 valence electrons. The number of rotatable bonds is 3. The third-order valence-corrected chi connectivity index (χ3v) is 2.48. The number of nitrogens with one attached hydrogen (secondary N) is 1. The summed E-state index contributed by atoms with van der Waals surface area (Å²) in [5, 5.41) is -0.101. The summed E-state index contributed by atoms with van der Waals surface area (Å²) >= 11 is 0. The van der Waals surface area contributed by atoms with Gasteiger partial charge in [0.25, 0.3) is 0 Å². The minimum Gasteiger partial charge on any atom is -0.540 e. The maximum atomic E-state index is 11.2. The molecule has 0 fully saturated rings. The molecule has 0 atom stereocenters. The first-order valence-corrected chi connectivity index (χ1v) is 4.93. The maximum Gasteiger partial charge on any atom is 1.00 e. The third kappa shape index (κ3) is 3.78. The van der Waals surface area contributed by atoms with Gasteiger partial charge >= 0.3 is 29.6 Å². The van der Waals surface area contributed by atoms with Crippen molar-refractivity contribution in [2.75, 3.05) is 0 Å². The standard InChI is InChI=1S/C6H10N3O2S.Na/c1-5(2)9-12(10,11)6-7-3-4-8-6;/h3-5H,1-2H3,(H,7,8);/q-1;+1. The Hall–Kier alpha value is 0.120. The molecule has 5 nitrogen and oxygen atoms in total. The number of H-pyrrole nitrogens is 1. The molecule has 13 heavy (non-hydrogen) atoms. The van der Waals surface area contributed by atoms with Gasteiger partial charge in [0, 0.05) is 12.4 Å². The predicted molar refractivity (Wildman–Crippen MR) is 44.3 cm³/mol. The molecule has 0 aromatic carbocycles. The van der Waals surface area contributed by atoms with Gasteiger partial charge in [0.05, 0.1) is 0 Å². The van der Waals surface area contributed by atoms with Crippen LogP contribution < -0.4 is 29.6 Å². The molecule has 1 N–H and O–H groups in total. The third-order valence-electron chi connectivity index (χ3n) is 1.07. The Balaban J connectivity index is 0.00000144. The molecule has 0 saturated carbocycles. The van der Waals surface area contributed by atoms with Gasteiger partial charge in [-0.1, -0.05) is 13.8 Å². The summed E-state index contributed by atoms with van der Waals surface area (Å²) in [5.41, 5.74) is 0. The molecule has 1 heterocycles. The molecule has 0 unspecified atom stereocenters. The molecule has 7 heteroatoms. The molecule has 1 rings (SSSR count). The molecule has 0 aliphatic heterocycles. The zero-order valence-corrected chi connectivity index (χ0v) is 10.7. The largest absolute Gasteiger partial charge is 1.00 e. The van der Waals surface area contributed by atoms with E-state index in [2.05, 4.69) is 14.7 Å². The Morgan fingerprint density at radius 2 is 2.15 bits per heavy atom. The van der Waals surface area contributed by atoms with Crippen LogP contribution in [0.25, 0.3) is 4.72 Å². The van der Waals surface area contributed by atoms with Crippen LogP contribution in [0.5, 0.6) is 0 Å². The fourth-order valence-electron chi connectivity index (χ4n) is 0.719. The van der Waals surface area contributed by atoms with E-state index < -0.39 is 10.0 Å². The average Bonchev–Trinajstić information content (AvgIpc) is 2.32. The van der Waals surface area contributed by atoms with Crippen molar-refractivity contribution >= 4 is 10.0 Å². The van der Waals surface area contributed by atoms with E-state index in [0.29, 0.717) is 0 Å². The summed E-state index contributed by atoms with van der Waals surface area (Å²) in [7, 11) is -3.56. The Labute approximate surface area is 99.7 Å². The van der Waals surface area contributed by atoms with Gasteiger partial charge in [0.1, 0.15) is 10.0 Å². The second-order valence-electron chi connectivity index (χ2n) is 2.57. The van der Waals surface area contributed by atoms with Crippen LogP contribution in [0.15, 0.2) is 17.6 Å². The van der Waals surface area contributed by atoms with Crippen molar-refractivity contribution in [3.63, 3.8) is 0 Å². The normalized spacial score (nSPS) is 11.3. The molecule has 0 aliphatic carbocycles. The molecule has 1 aromatic heterocycles. The zero-order chi connectivity index (χ0) is 9.19. The minimum absolute atomic E-state index is 0. The number of sulfonamides is 1. The monoisotopic (exact) mass is 211 g/mol. The number of hydrogen-bond acceptors (Lipinski definition) is 3. The first-order chi connectivity index (χ1) is 5.52.